The van der Waals surface area contributed by atoms with Crippen molar-refractivity contribution in [3.05, 3.63) is 29.6 Å². The van der Waals surface area contributed by atoms with Crippen molar-refractivity contribution < 1.29 is 4.39 Å². The van der Waals surface area contributed by atoms with Gasteiger partial charge in [0.05, 0.1) is 0 Å². The van der Waals surface area contributed by atoms with E-state index >= 15 is 0 Å². The van der Waals surface area contributed by atoms with Gasteiger partial charge in [0, 0.05) is 17.5 Å². The number of hydrogen-bond acceptors (Lipinski definition) is 2. The number of benzene rings is 1. The smallest absolute Gasteiger partial charge is 0.137 e. The molecule has 0 saturated carbocycles. The summed E-state index contributed by atoms with van der Waals surface area (Å²) in [7, 11) is 0. The van der Waals surface area contributed by atoms with E-state index in [9.17, 15) is 4.39 Å². The number of thioether (sulfide) groups is 1. The molecule has 1 heterocycles. The predicted octanol–water partition coefficient (Wildman–Crippen LogP) is 5.56. The fourth-order valence-corrected chi connectivity index (χ4v) is 4.08. The molecule has 1 atom stereocenters. The highest BCUT2D eigenvalue weighted by atomic mass is 32.2. The molecule has 118 valence electrons. The van der Waals surface area contributed by atoms with E-state index < -0.39 is 0 Å². The number of unbranched alkanes of at least 4 members (excludes halogenated alkanes) is 2. The van der Waals surface area contributed by atoms with Crippen LogP contribution in [-0.2, 0) is 0 Å². The first-order valence-corrected chi connectivity index (χ1v) is 9.16. The topological polar surface area (TPSA) is 12.0 Å². The van der Waals surface area contributed by atoms with Gasteiger partial charge in [-0.2, -0.15) is 0 Å². The number of hydrogen-bond donors (Lipinski definition) is 1. The highest BCUT2D eigenvalue weighted by molar-refractivity contribution is 7.99. The summed E-state index contributed by atoms with van der Waals surface area (Å²) in [5.41, 5.74) is 1.46. The highest BCUT2D eigenvalue weighted by Gasteiger charge is 2.25. The van der Waals surface area contributed by atoms with E-state index in [1.165, 1.54) is 25.7 Å². The lowest BCUT2D eigenvalue weighted by Gasteiger charge is -2.31. The molecule has 1 N–H and O–H groups in total. The molecule has 1 aromatic rings. The molecule has 21 heavy (non-hydrogen) atoms. The summed E-state index contributed by atoms with van der Waals surface area (Å²) in [5.74, 6) is 0.938. The van der Waals surface area contributed by atoms with E-state index in [2.05, 4.69) is 32.2 Å². The van der Waals surface area contributed by atoms with E-state index in [1.807, 2.05) is 6.07 Å². The molecule has 1 unspecified atom stereocenters. The Morgan fingerprint density at radius 1 is 1.33 bits per heavy atom. The molecule has 0 spiro atoms. The Morgan fingerprint density at radius 2 is 2.14 bits per heavy atom. The minimum atomic E-state index is -0.0637. The maximum Gasteiger partial charge on any atom is 0.137 e. The van der Waals surface area contributed by atoms with Gasteiger partial charge in [0.25, 0.3) is 0 Å². The molecular formula is C18H28FNS. The molecule has 0 amide bonds. The fourth-order valence-electron chi connectivity index (χ4n) is 2.94. The van der Waals surface area contributed by atoms with Gasteiger partial charge >= 0.3 is 0 Å². The second-order valence-electron chi connectivity index (χ2n) is 6.85. The lowest BCUT2D eigenvalue weighted by atomic mass is 9.86. The summed E-state index contributed by atoms with van der Waals surface area (Å²) in [6, 6.07) is 5.79. The SMILES string of the molecule is CCCCCC(C)(C)CNC1CCSc2c(F)cccc21. The minimum absolute atomic E-state index is 0.0637. The Kier molecular flexibility index (Phi) is 6.12. The zero-order valence-corrected chi connectivity index (χ0v) is 14.4. The first-order chi connectivity index (χ1) is 10.0. The van der Waals surface area contributed by atoms with Crippen LogP contribution < -0.4 is 5.32 Å². The monoisotopic (exact) mass is 309 g/mol. The average molecular weight is 309 g/mol. The van der Waals surface area contributed by atoms with Crippen molar-refractivity contribution in [1.82, 2.24) is 5.32 Å². The Bertz CT molecular complexity index is 459. The molecule has 3 heteroatoms. The van der Waals surface area contributed by atoms with Crippen LogP contribution in [0.3, 0.4) is 0 Å². The van der Waals surface area contributed by atoms with Crippen LogP contribution in [-0.4, -0.2) is 12.3 Å². The molecule has 1 nitrogen and oxygen atoms in total. The summed E-state index contributed by atoms with van der Waals surface area (Å²) in [6.45, 7) is 7.91. The largest absolute Gasteiger partial charge is 0.309 e. The number of nitrogens with one attached hydrogen (secondary N) is 1. The van der Waals surface area contributed by atoms with Crippen LogP contribution in [0.4, 0.5) is 4.39 Å². The van der Waals surface area contributed by atoms with Crippen LogP contribution in [0.25, 0.3) is 0 Å². The van der Waals surface area contributed by atoms with Crippen LogP contribution >= 0.6 is 11.8 Å². The van der Waals surface area contributed by atoms with Crippen LogP contribution in [0.5, 0.6) is 0 Å². The van der Waals surface area contributed by atoms with Crippen molar-refractivity contribution in [2.24, 2.45) is 5.41 Å². The quantitative estimate of drug-likeness (QED) is 0.662. The van der Waals surface area contributed by atoms with Gasteiger partial charge in [-0.1, -0.05) is 52.2 Å². The Hall–Kier alpha value is -0.540. The summed E-state index contributed by atoms with van der Waals surface area (Å²) in [5, 5.41) is 3.69. The predicted molar refractivity (Wildman–Crippen MR) is 90.4 cm³/mol. The van der Waals surface area contributed by atoms with Crippen molar-refractivity contribution >= 4 is 11.8 Å². The van der Waals surface area contributed by atoms with Crippen molar-refractivity contribution in [3.63, 3.8) is 0 Å². The molecule has 1 aliphatic heterocycles. The van der Waals surface area contributed by atoms with Crippen molar-refractivity contribution in [2.75, 3.05) is 12.3 Å². The molecule has 1 aliphatic rings. The van der Waals surface area contributed by atoms with E-state index in [4.69, 9.17) is 0 Å². The summed E-state index contributed by atoms with van der Waals surface area (Å²) < 4.78 is 13.9. The summed E-state index contributed by atoms with van der Waals surface area (Å²) in [4.78, 5) is 0.852. The third-order valence-electron chi connectivity index (χ3n) is 4.31. The molecule has 0 fully saturated rings. The zero-order chi connectivity index (χ0) is 15.3. The zero-order valence-electron chi connectivity index (χ0n) is 13.5. The van der Waals surface area contributed by atoms with E-state index in [0.717, 1.165) is 29.2 Å². The maximum atomic E-state index is 13.9. The number of rotatable bonds is 7. The van der Waals surface area contributed by atoms with Gasteiger partial charge in [0.15, 0.2) is 0 Å². The summed E-state index contributed by atoms with van der Waals surface area (Å²) >= 11 is 1.65. The normalized spacial score (nSPS) is 18.6. The number of halogens is 1. The van der Waals surface area contributed by atoms with Crippen molar-refractivity contribution in [3.8, 4) is 0 Å². The van der Waals surface area contributed by atoms with Gasteiger partial charge in [0.1, 0.15) is 5.82 Å². The van der Waals surface area contributed by atoms with Crippen LogP contribution in [0, 0.1) is 11.2 Å². The van der Waals surface area contributed by atoms with Crippen LogP contribution in [0.1, 0.15) is 64.5 Å². The third-order valence-corrected chi connectivity index (χ3v) is 5.47. The average Bonchev–Trinajstić information content (AvgIpc) is 2.46. The molecule has 0 aromatic heterocycles. The summed E-state index contributed by atoms with van der Waals surface area (Å²) in [6.07, 6.45) is 6.24. The van der Waals surface area contributed by atoms with Gasteiger partial charge in [-0.25, -0.2) is 4.39 Å². The Labute approximate surface area is 133 Å². The van der Waals surface area contributed by atoms with Gasteiger partial charge < -0.3 is 5.32 Å². The molecule has 2 rings (SSSR count). The molecular weight excluding hydrogens is 281 g/mol. The Balaban J connectivity index is 1.94. The van der Waals surface area contributed by atoms with E-state index in [-0.39, 0.29) is 5.82 Å². The highest BCUT2D eigenvalue weighted by Crippen LogP contribution is 2.38. The molecule has 0 aliphatic carbocycles. The van der Waals surface area contributed by atoms with E-state index in [1.54, 1.807) is 17.8 Å². The van der Waals surface area contributed by atoms with Crippen molar-refractivity contribution in [2.45, 2.75) is 63.8 Å². The first-order valence-electron chi connectivity index (χ1n) is 8.18. The lowest BCUT2D eigenvalue weighted by molar-refractivity contribution is 0.284. The molecule has 0 bridgehead atoms. The second kappa shape index (κ2) is 7.64. The molecule has 0 saturated heterocycles. The molecule has 0 radical (unpaired) electrons. The first kappa shape index (κ1) is 16.8. The molecule has 1 aromatic carbocycles. The van der Waals surface area contributed by atoms with E-state index in [0.29, 0.717) is 11.5 Å². The third kappa shape index (κ3) is 4.72. The second-order valence-corrected chi connectivity index (χ2v) is 7.96. The number of fused-ring (bicyclic) bond motifs is 1. The van der Waals surface area contributed by atoms with Gasteiger partial charge in [-0.3, -0.25) is 0 Å². The van der Waals surface area contributed by atoms with Crippen molar-refractivity contribution in [1.29, 1.82) is 0 Å². The van der Waals surface area contributed by atoms with Gasteiger partial charge in [0.2, 0.25) is 0 Å². The van der Waals surface area contributed by atoms with Gasteiger partial charge in [-0.05, 0) is 35.6 Å². The standard InChI is InChI=1S/C18H28FNS/c1-4-5-6-11-18(2,3)13-20-16-10-12-21-17-14(16)8-7-9-15(17)19/h7-9,16,20H,4-6,10-13H2,1-3H3. The van der Waals surface area contributed by atoms with Crippen LogP contribution in [0.15, 0.2) is 23.1 Å². The minimum Gasteiger partial charge on any atom is -0.309 e. The fraction of sp³-hybridized carbons (Fsp3) is 0.667. The Morgan fingerprint density at radius 3 is 2.90 bits per heavy atom. The van der Waals surface area contributed by atoms with Crippen LogP contribution in [0.2, 0.25) is 0 Å². The maximum absolute atomic E-state index is 13.9. The van der Waals surface area contributed by atoms with Gasteiger partial charge in [-0.15, -0.1) is 11.8 Å². The lowest BCUT2D eigenvalue weighted by Crippen LogP contribution is -2.34.